The second-order valence-electron chi connectivity index (χ2n) is 5.67. The first-order valence-corrected chi connectivity index (χ1v) is 7.55. The fraction of sp³-hybridized carbons (Fsp3) is 0.333. The Hall–Kier alpha value is -2.68. The van der Waals surface area contributed by atoms with Crippen molar-refractivity contribution in [3.63, 3.8) is 0 Å². The van der Waals surface area contributed by atoms with Crippen LogP contribution in [0.1, 0.15) is 18.2 Å². The molecule has 0 radical (unpaired) electrons. The summed E-state index contributed by atoms with van der Waals surface area (Å²) in [7, 11) is 0. The van der Waals surface area contributed by atoms with E-state index in [4.69, 9.17) is 4.52 Å². The predicted molar refractivity (Wildman–Crippen MR) is 79.9 cm³/mol. The molecule has 1 aliphatic rings. The Morgan fingerprint density at radius 1 is 1.29 bits per heavy atom. The highest BCUT2D eigenvalue weighted by atomic mass is 19.2. The van der Waals surface area contributed by atoms with E-state index in [1.807, 2.05) is 11.6 Å². The molecular weight excluding hydrogens is 318 g/mol. The summed E-state index contributed by atoms with van der Waals surface area (Å²) in [5, 5.41) is 15.4. The van der Waals surface area contributed by atoms with Crippen molar-refractivity contribution in [1.29, 1.82) is 0 Å². The van der Waals surface area contributed by atoms with Gasteiger partial charge in [-0.2, -0.15) is 4.98 Å². The van der Waals surface area contributed by atoms with Gasteiger partial charge >= 0.3 is 0 Å². The summed E-state index contributed by atoms with van der Waals surface area (Å²) >= 11 is 0. The lowest BCUT2D eigenvalue weighted by molar-refractivity contribution is 0.430. The molecule has 1 atom stereocenters. The molecule has 0 bridgehead atoms. The first kappa shape index (κ1) is 14.9. The SMILES string of the molecule is Cc1c(-c2nc(-c3ccc(F)c(F)c3)no2)nnn1C1CCNC1. The van der Waals surface area contributed by atoms with E-state index in [0.29, 0.717) is 11.3 Å². The number of hydrogen-bond donors (Lipinski definition) is 1. The van der Waals surface area contributed by atoms with E-state index in [-0.39, 0.29) is 17.8 Å². The fourth-order valence-electron chi connectivity index (χ4n) is 2.81. The van der Waals surface area contributed by atoms with Crippen LogP contribution in [0.3, 0.4) is 0 Å². The number of aromatic nitrogens is 5. The van der Waals surface area contributed by atoms with Crippen molar-refractivity contribution in [2.45, 2.75) is 19.4 Å². The van der Waals surface area contributed by atoms with E-state index in [0.717, 1.165) is 37.3 Å². The average molecular weight is 332 g/mol. The lowest BCUT2D eigenvalue weighted by Gasteiger charge is -2.09. The predicted octanol–water partition coefficient (Wildman–Crippen LogP) is 2.12. The average Bonchev–Trinajstić information content (AvgIpc) is 3.29. The number of nitrogens with zero attached hydrogens (tertiary/aromatic N) is 5. The Kier molecular flexibility index (Phi) is 3.57. The molecule has 3 heterocycles. The molecule has 1 aromatic carbocycles. The number of halogens is 2. The molecule has 1 aliphatic heterocycles. The van der Waals surface area contributed by atoms with Gasteiger partial charge in [0.1, 0.15) is 0 Å². The third kappa shape index (κ3) is 2.46. The molecule has 9 heteroatoms. The monoisotopic (exact) mass is 332 g/mol. The van der Waals surface area contributed by atoms with Gasteiger partial charge in [0, 0.05) is 12.1 Å². The third-order valence-corrected chi connectivity index (χ3v) is 4.11. The molecule has 2 aromatic heterocycles. The van der Waals surface area contributed by atoms with Gasteiger partial charge in [0.2, 0.25) is 5.82 Å². The molecule has 0 amide bonds. The van der Waals surface area contributed by atoms with Gasteiger partial charge in [0.25, 0.3) is 5.89 Å². The largest absolute Gasteiger partial charge is 0.332 e. The normalized spacial score (nSPS) is 17.5. The maximum absolute atomic E-state index is 13.3. The maximum atomic E-state index is 13.3. The van der Waals surface area contributed by atoms with E-state index in [1.165, 1.54) is 6.07 Å². The highest BCUT2D eigenvalue weighted by molar-refractivity contribution is 5.58. The number of hydrogen-bond acceptors (Lipinski definition) is 6. The van der Waals surface area contributed by atoms with Crippen molar-refractivity contribution in [2.24, 2.45) is 0 Å². The Labute approximate surface area is 135 Å². The summed E-state index contributed by atoms with van der Waals surface area (Å²) in [5.74, 6) is -1.52. The van der Waals surface area contributed by atoms with Crippen molar-refractivity contribution < 1.29 is 13.3 Å². The molecule has 3 aromatic rings. The van der Waals surface area contributed by atoms with E-state index < -0.39 is 11.6 Å². The highest BCUT2D eigenvalue weighted by Crippen LogP contribution is 2.26. The quantitative estimate of drug-likeness (QED) is 0.791. The summed E-state index contributed by atoms with van der Waals surface area (Å²) in [4.78, 5) is 4.22. The Morgan fingerprint density at radius 3 is 2.92 bits per heavy atom. The van der Waals surface area contributed by atoms with Crippen molar-refractivity contribution in [2.75, 3.05) is 13.1 Å². The molecule has 124 valence electrons. The molecule has 0 spiro atoms. The molecule has 0 aliphatic carbocycles. The van der Waals surface area contributed by atoms with Gasteiger partial charge < -0.3 is 9.84 Å². The summed E-state index contributed by atoms with van der Waals surface area (Å²) in [6.07, 6.45) is 0.980. The van der Waals surface area contributed by atoms with Gasteiger partial charge in [-0.15, -0.1) is 5.10 Å². The Morgan fingerprint density at radius 2 is 2.17 bits per heavy atom. The molecule has 7 nitrogen and oxygen atoms in total. The topological polar surface area (TPSA) is 81.7 Å². The second kappa shape index (κ2) is 5.75. The summed E-state index contributed by atoms with van der Waals surface area (Å²) in [5.41, 5.74) is 1.64. The lowest BCUT2D eigenvalue weighted by Crippen LogP contribution is -2.15. The van der Waals surface area contributed by atoms with Crippen LogP contribution in [0, 0.1) is 18.6 Å². The zero-order chi connectivity index (χ0) is 16.7. The number of benzene rings is 1. The summed E-state index contributed by atoms with van der Waals surface area (Å²) < 4.78 is 33.4. The van der Waals surface area contributed by atoms with Gasteiger partial charge in [-0.3, -0.25) is 0 Å². The fourth-order valence-corrected chi connectivity index (χ4v) is 2.81. The van der Waals surface area contributed by atoms with Crippen LogP contribution in [-0.4, -0.2) is 38.2 Å². The molecule has 1 unspecified atom stereocenters. The standard InChI is InChI=1S/C15H14F2N6O/c1-8-13(20-22-23(8)10-4-5-18-7-10)15-19-14(21-24-15)9-2-3-11(16)12(17)6-9/h2-3,6,10,18H,4-5,7H2,1H3. The smallest absolute Gasteiger partial charge is 0.280 e. The summed E-state index contributed by atoms with van der Waals surface area (Å²) in [6.45, 7) is 3.67. The van der Waals surface area contributed by atoms with E-state index in [2.05, 4.69) is 25.8 Å². The zero-order valence-electron chi connectivity index (χ0n) is 12.8. The van der Waals surface area contributed by atoms with E-state index >= 15 is 0 Å². The van der Waals surface area contributed by atoms with Crippen molar-refractivity contribution in [3.05, 3.63) is 35.5 Å². The minimum absolute atomic E-state index is 0.167. The van der Waals surface area contributed by atoms with Crippen molar-refractivity contribution in [3.8, 4) is 23.0 Å². The van der Waals surface area contributed by atoms with Gasteiger partial charge in [0.15, 0.2) is 17.3 Å². The van der Waals surface area contributed by atoms with E-state index in [9.17, 15) is 8.78 Å². The number of rotatable bonds is 3. The minimum Gasteiger partial charge on any atom is -0.332 e. The van der Waals surface area contributed by atoms with Crippen LogP contribution in [0.25, 0.3) is 23.0 Å². The van der Waals surface area contributed by atoms with Crippen molar-refractivity contribution in [1.82, 2.24) is 30.5 Å². The van der Waals surface area contributed by atoms with E-state index in [1.54, 1.807) is 0 Å². The van der Waals surface area contributed by atoms with Crippen LogP contribution in [0.15, 0.2) is 22.7 Å². The molecular formula is C15H14F2N6O. The minimum atomic E-state index is -0.963. The Bertz CT molecular complexity index is 884. The van der Waals surface area contributed by atoms with Crippen LogP contribution in [0.5, 0.6) is 0 Å². The molecule has 4 rings (SSSR count). The molecule has 0 saturated carbocycles. The molecule has 1 saturated heterocycles. The van der Waals surface area contributed by atoms with Gasteiger partial charge in [-0.05, 0) is 38.1 Å². The van der Waals surface area contributed by atoms with Gasteiger partial charge in [-0.25, -0.2) is 13.5 Å². The van der Waals surface area contributed by atoms with Crippen molar-refractivity contribution >= 4 is 0 Å². The molecule has 24 heavy (non-hydrogen) atoms. The first-order valence-electron chi connectivity index (χ1n) is 7.55. The van der Waals surface area contributed by atoms with Crippen LogP contribution in [0.2, 0.25) is 0 Å². The lowest BCUT2D eigenvalue weighted by atomic mass is 10.2. The molecule has 1 N–H and O–H groups in total. The van der Waals surface area contributed by atoms with Crippen LogP contribution in [-0.2, 0) is 0 Å². The molecule has 1 fully saturated rings. The van der Waals surface area contributed by atoms with Crippen LogP contribution in [0.4, 0.5) is 8.78 Å². The van der Waals surface area contributed by atoms with Crippen LogP contribution < -0.4 is 5.32 Å². The second-order valence-corrected chi connectivity index (χ2v) is 5.67. The first-order chi connectivity index (χ1) is 11.6. The van der Waals surface area contributed by atoms with Crippen LogP contribution >= 0.6 is 0 Å². The van der Waals surface area contributed by atoms with Gasteiger partial charge in [0.05, 0.1) is 11.7 Å². The third-order valence-electron chi connectivity index (χ3n) is 4.11. The summed E-state index contributed by atoms with van der Waals surface area (Å²) in [6, 6.07) is 3.69. The van der Waals surface area contributed by atoms with Gasteiger partial charge in [-0.1, -0.05) is 10.4 Å². The maximum Gasteiger partial charge on any atom is 0.280 e. The highest BCUT2D eigenvalue weighted by Gasteiger charge is 2.24. The number of nitrogens with one attached hydrogen (secondary N) is 1. The zero-order valence-corrected chi connectivity index (χ0v) is 12.8. The Balaban J connectivity index is 1.66.